The van der Waals surface area contributed by atoms with Crippen LogP contribution in [0.1, 0.15) is 19.4 Å². The molecule has 4 nitrogen and oxygen atoms in total. The lowest BCUT2D eigenvalue weighted by atomic mass is 10.1. The molecule has 0 aliphatic carbocycles. The Hall–Kier alpha value is -2.47. The van der Waals surface area contributed by atoms with Gasteiger partial charge in [0.05, 0.1) is 18.3 Å². The summed E-state index contributed by atoms with van der Waals surface area (Å²) >= 11 is 0. The van der Waals surface area contributed by atoms with E-state index in [0.29, 0.717) is 13.2 Å². The highest BCUT2D eigenvalue weighted by atomic mass is 19.1. The largest absolute Gasteiger partial charge is 0.494 e. The number of nitrogens with one attached hydrogen (secondary N) is 1. The van der Waals surface area contributed by atoms with Crippen molar-refractivity contribution in [2.75, 3.05) is 19.0 Å². The molecular weight excluding hydrogens is 326 g/mol. The van der Waals surface area contributed by atoms with E-state index < -0.39 is 23.6 Å². The molecule has 2 rings (SSSR count). The van der Waals surface area contributed by atoms with Gasteiger partial charge in [-0.2, -0.15) is 0 Å². The van der Waals surface area contributed by atoms with E-state index >= 15 is 0 Å². The molecule has 134 valence electrons. The molecule has 0 bridgehead atoms. The molecule has 0 aromatic heterocycles. The van der Waals surface area contributed by atoms with E-state index in [1.165, 1.54) is 0 Å². The number of hydrogen-bond donors (Lipinski definition) is 1. The number of ether oxygens (including phenoxy) is 1. The molecule has 0 aliphatic rings. The van der Waals surface area contributed by atoms with Crippen LogP contribution in [-0.4, -0.2) is 30.5 Å². The Kier molecular flexibility index (Phi) is 6.47. The number of amides is 1. The van der Waals surface area contributed by atoms with Crippen LogP contribution in [0.2, 0.25) is 0 Å². The fourth-order valence-corrected chi connectivity index (χ4v) is 2.31. The van der Waals surface area contributed by atoms with E-state index in [0.717, 1.165) is 29.5 Å². The minimum Gasteiger partial charge on any atom is -0.494 e. The zero-order valence-electron chi connectivity index (χ0n) is 14.6. The third kappa shape index (κ3) is 5.26. The smallest absolute Gasteiger partial charge is 0.241 e. The number of nitrogens with zero attached hydrogens (tertiary/aromatic N) is 1. The molecule has 2 aromatic carbocycles. The van der Waals surface area contributed by atoms with E-state index in [2.05, 4.69) is 5.32 Å². The monoisotopic (exact) mass is 348 g/mol. The molecule has 0 fully saturated rings. The van der Waals surface area contributed by atoms with E-state index in [-0.39, 0.29) is 5.69 Å². The van der Waals surface area contributed by atoms with Crippen molar-refractivity contribution in [1.82, 2.24) is 4.90 Å². The number of halogens is 2. The second-order valence-corrected chi connectivity index (χ2v) is 5.78. The van der Waals surface area contributed by atoms with Gasteiger partial charge in [-0.3, -0.25) is 9.69 Å². The van der Waals surface area contributed by atoms with Crippen LogP contribution in [0.15, 0.2) is 42.5 Å². The molecule has 0 unspecified atom stereocenters. The van der Waals surface area contributed by atoms with Crippen molar-refractivity contribution in [3.05, 3.63) is 59.7 Å². The molecule has 0 saturated heterocycles. The standard InChI is InChI=1S/C19H22F2N2O2/c1-4-25-16-8-5-14(6-9-16)12-23(3)13(2)19(24)22-18-11-15(20)7-10-17(18)21/h5-11,13H,4,12H2,1-3H3,(H,22,24)/t13-/m0/s1. The number of anilines is 1. The zero-order valence-corrected chi connectivity index (χ0v) is 14.6. The summed E-state index contributed by atoms with van der Waals surface area (Å²) in [6, 6.07) is 10.0. The summed E-state index contributed by atoms with van der Waals surface area (Å²) in [4.78, 5) is 14.1. The third-order valence-corrected chi connectivity index (χ3v) is 3.89. The van der Waals surface area contributed by atoms with E-state index in [1.807, 2.05) is 36.1 Å². The number of carbonyl (C=O) groups is 1. The van der Waals surface area contributed by atoms with Crippen LogP contribution in [0.4, 0.5) is 14.5 Å². The highest BCUT2D eigenvalue weighted by Crippen LogP contribution is 2.17. The number of hydrogen-bond acceptors (Lipinski definition) is 3. The van der Waals surface area contributed by atoms with Gasteiger partial charge < -0.3 is 10.1 Å². The lowest BCUT2D eigenvalue weighted by Gasteiger charge is -2.24. The Labute approximate surface area is 146 Å². The van der Waals surface area contributed by atoms with Gasteiger partial charge in [-0.15, -0.1) is 0 Å². The van der Waals surface area contributed by atoms with Crippen molar-refractivity contribution in [1.29, 1.82) is 0 Å². The lowest BCUT2D eigenvalue weighted by molar-refractivity contribution is -0.120. The maximum Gasteiger partial charge on any atom is 0.241 e. The minimum absolute atomic E-state index is 0.161. The van der Waals surface area contributed by atoms with Crippen molar-refractivity contribution < 1.29 is 18.3 Å². The van der Waals surface area contributed by atoms with Crippen LogP contribution < -0.4 is 10.1 Å². The maximum atomic E-state index is 13.6. The molecule has 0 heterocycles. The molecule has 1 N–H and O–H groups in total. The highest BCUT2D eigenvalue weighted by Gasteiger charge is 2.19. The Morgan fingerprint density at radius 3 is 2.52 bits per heavy atom. The predicted molar refractivity (Wildman–Crippen MR) is 93.5 cm³/mol. The molecule has 25 heavy (non-hydrogen) atoms. The maximum absolute atomic E-state index is 13.6. The molecular formula is C19H22F2N2O2. The van der Waals surface area contributed by atoms with Gasteiger partial charge in [0.15, 0.2) is 0 Å². The van der Waals surface area contributed by atoms with E-state index in [4.69, 9.17) is 4.74 Å². The first-order valence-electron chi connectivity index (χ1n) is 8.08. The molecule has 0 aliphatic heterocycles. The first-order valence-corrected chi connectivity index (χ1v) is 8.08. The topological polar surface area (TPSA) is 41.6 Å². The normalized spacial score (nSPS) is 12.1. The van der Waals surface area contributed by atoms with Gasteiger partial charge in [0.25, 0.3) is 0 Å². The first-order chi connectivity index (χ1) is 11.9. The van der Waals surface area contributed by atoms with Gasteiger partial charge >= 0.3 is 0 Å². The van der Waals surface area contributed by atoms with Crippen LogP contribution in [0.25, 0.3) is 0 Å². The summed E-state index contributed by atoms with van der Waals surface area (Å²) in [5.41, 5.74) is 0.855. The summed E-state index contributed by atoms with van der Waals surface area (Å²) < 4.78 is 32.2. The molecule has 1 atom stereocenters. The van der Waals surface area contributed by atoms with Gasteiger partial charge in [0, 0.05) is 12.6 Å². The van der Waals surface area contributed by atoms with Crippen molar-refractivity contribution >= 4 is 11.6 Å². The minimum atomic E-state index is -0.670. The van der Waals surface area contributed by atoms with E-state index in [9.17, 15) is 13.6 Å². The fraction of sp³-hybridized carbons (Fsp3) is 0.316. The Bertz CT molecular complexity index is 720. The number of rotatable bonds is 7. The SMILES string of the molecule is CCOc1ccc(CN(C)[C@@H](C)C(=O)Nc2cc(F)ccc2F)cc1. The average Bonchev–Trinajstić information content (AvgIpc) is 2.59. The second kappa shape index (κ2) is 8.58. The van der Waals surface area contributed by atoms with Gasteiger partial charge in [0.1, 0.15) is 17.4 Å². The second-order valence-electron chi connectivity index (χ2n) is 5.78. The van der Waals surface area contributed by atoms with Crippen molar-refractivity contribution in [2.24, 2.45) is 0 Å². The summed E-state index contributed by atoms with van der Waals surface area (Å²) in [5.74, 6) is -0.887. The first kappa shape index (κ1) is 18.9. The molecule has 6 heteroatoms. The average molecular weight is 348 g/mol. The summed E-state index contributed by atoms with van der Waals surface area (Å²) in [6.07, 6.45) is 0. The molecule has 1 amide bonds. The highest BCUT2D eigenvalue weighted by molar-refractivity contribution is 5.94. The molecule has 0 saturated carbocycles. The van der Waals surface area contributed by atoms with Crippen molar-refractivity contribution in [3.63, 3.8) is 0 Å². The Morgan fingerprint density at radius 2 is 1.88 bits per heavy atom. The van der Waals surface area contributed by atoms with E-state index in [1.54, 1.807) is 14.0 Å². The van der Waals surface area contributed by atoms with Gasteiger partial charge in [-0.05, 0) is 50.7 Å². The van der Waals surface area contributed by atoms with Gasteiger partial charge in [-0.1, -0.05) is 12.1 Å². The Balaban J connectivity index is 1.97. The third-order valence-electron chi connectivity index (χ3n) is 3.89. The van der Waals surface area contributed by atoms with Crippen molar-refractivity contribution in [3.8, 4) is 5.75 Å². The summed E-state index contributed by atoms with van der Waals surface area (Å²) in [5, 5.41) is 2.43. The van der Waals surface area contributed by atoms with Crippen molar-refractivity contribution in [2.45, 2.75) is 26.4 Å². The molecule has 0 radical (unpaired) electrons. The lowest BCUT2D eigenvalue weighted by Crippen LogP contribution is -2.39. The summed E-state index contributed by atoms with van der Waals surface area (Å²) in [6.45, 7) is 4.77. The summed E-state index contributed by atoms with van der Waals surface area (Å²) in [7, 11) is 1.79. The van der Waals surface area contributed by atoms with Crippen LogP contribution >= 0.6 is 0 Å². The predicted octanol–water partition coefficient (Wildman–Crippen LogP) is 3.82. The molecule has 0 spiro atoms. The number of benzene rings is 2. The van der Waals surface area contributed by atoms with Crippen LogP contribution in [0.3, 0.4) is 0 Å². The quantitative estimate of drug-likeness (QED) is 0.827. The fourth-order valence-electron chi connectivity index (χ4n) is 2.31. The zero-order chi connectivity index (χ0) is 18.4. The Morgan fingerprint density at radius 1 is 1.20 bits per heavy atom. The number of carbonyl (C=O) groups excluding carboxylic acids is 1. The van der Waals surface area contributed by atoms with Crippen LogP contribution in [-0.2, 0) is 11.3 Å². The molecule has 2 aromatic rings. The van der Waals surface area contributed by atoms with Crippen LogP contribution in [0.5, 0.6) is 5.75 Å². The van der Waals surface area contributed by atoms with Gasteiger partial charge in [0.2, 0.25) is 5.91 Å². The number of likely N-dealkylation sites (N-methyl/N-ethyl adjacent to an activating group) is 1. The van der Waals surface area contributed by atoms with Crippen LogP contribution in [0, 0.1) is 11.6 Å². The van der Waals surface area contributed by atoms with Gasteiger partial charge in [-0.25, -0.2) is 8.78 Å².